The second-order valence-electron chi connectivity index (χ2n) is 3.26. The van der Waals surface area contributed by atoms with E-state index >= 15 is 0 Å². The van der Waals surface area contributed by atoms with Crippen LogP contribution < -0.4 is 0 Å². The van der Waals surface area contributed by atoms with Crippen LogP contribution >= 0.6 is 18.5 Å². The maximum absolute atomic E-state index is 11.5. The molecule has 1 rings (SSSR count). The van der Waals surface area contributed by atoms with Crippen molar-refractivity contribution in [3.8, 4) is 0 Å². The number of carbonyl (C=O) groups excluding carboxylic acids is 4. The highest BCUT2D eigenvalue weighted by Gasteiger charge is 2.54. The monoisotopic (exact) mass is 232 g/mol. The fraction of sp³-hybridized carbons (Fsp3) is 0.500. The van der Waals surface area contributed by atoms with Crippen LogP contribution in [0.15, 0.2) is 0 Å². The lowest BCUT2D eigenvalue weighted by atomic mass is 9.82. The van der Waals surface area contributed by atoms with Crippen LogP contribution in [-0.4, -0.2) is 22.6 Å². The molecule has 0 aromatic rings. The van der Waals surface area contributed by atoms with Gasteiger partial charge in [0.25, 0.3) is 0 Å². The zero-order valence-corrected chi connectivity index (χ0v) is 9.72. The molecule has 0 aromatic carbocycles. The van der Waals surface area contributed by atoms with Gasteiger partial charge in [0.1, 0.15) is 5.52 Å². The molecule has 0 spiro atoms. The molecule has 0 saturated heterocycles. The Hall–Kier alpha value is -0.460. The Morgan fingerprint density at radius 3 is 1.86 bits per heavy atom. The fourth-order valence-electron chi connectivity index (χ4n) is 1.63. The number of Topliss-reactive ketones (excluding diaryl/α,β-unsaturated/α-hetero) is 2. The minimum absolute atomic E-state index is 0.0664. The van der Waals surface area contributed by atoms with Crippen molar-refractivity contribution in [1.29, 1.82) is 0 Å². The molecular formula is C8H10O4P2. The van der Waals surface area contributed by atoms with E-state index in [9.17, 15) is 19.2 Å². The summed E-state index contributed by atoms with van der Waals surface area (Å²) in [6.45, 7) is 0. The van der Waals surface area contributed by atoms with Crippen LogP contribution in [-0.2, 0) is 19.2 Å². The van der Waals surface area contributed by atoms with Crippen LogP contribution in [0.2, 0.25) is 0 Å². The molecule has 4 nitrogen and oxygen atoms in total. The molecule has 1 aliphatic carbocycles. The van der Waals surface area contributed by atoms with Crippen LogP contribution in [0, 0.1) is 5.41 Å². The fourth-order valence-corrected chi connectivity index (χ4v) is 2.36. The van der Waals surface area contributed by atoms with Gasteiger partial charge in [0, 0.05) is 19.3 Å². The van der Waals surface area contributed by atoms with Crippen LogP contribution in [0.5, 0.6) is 0 Å². The third kappa shape index (κ3) is 1.69. The molecule has 0 amide bonds. The summed E-state index contributed by atoms with van der Waals surface area (Å²) in [5.41, 5.74) is -2.69. The number of hydrogen-bond donors (Lipinski definition) is 0. The van der Waals surface area contributed by atoms with Gasteiger partial charge in [0.2, 0.25) is 0 Å². The van der Waals surface area contributed by atoms with Gasteiger partial charge in [-0.1, -0.05) is 18.5 Å². The van der Waals surface area contributed by atoms with Gasteiger partial charge in [-0.15, -0.1) is 0 Å². The van der Waals surface area contributed by atoms with Crippen LogP contribution in [0.1, 0.15) is 19.3 Å². The Bertz CT molecular complexity index is 318. The molecule has 0 radical (unpaired) electrons. The molecule has 76 valence electrons. The smallest absolute Gasteiger partial charge is 0.169 e. The molecule has 2 atom stereocenters. The van der Waals surface area contributed by atoms with Crippen molar-refractivity contribution in [2.75, 3.05) is 0 Å². The third-order valence-electron chi connectivity index (χ3n) is 2.39. The topological polar surface area (TPSA) is 68.3 Å². The Kier molecular flexibility index (Phi) is 3.28. The second-order valence-corrected chi connectivity index (χ2v) is 4.43. The minimum Gasteiger partial charge on any atom is -0.298 e. The van der Waals surface area contributed by atoms with E-state index in [0.717, 1.165) is 0 Å². The first kappa shape index (κ1) is 11.6. The van der Waals surface area contributed by atoms with Gasteiger partial charge in [-0.25, -0.2) is 0 Å². The highest BCUT2D eigenvalue weighted by Crippen LogP contribution is 2.38. The van der Waals surface area contributed by atoms with E-state index in [1.165, 1.54) is 0 Å². The summed E-state index contributed by atoms with van der Waals surface area (Å²) in [4.78, 5) is 45.1. The number of rotatable bonds is 3. The normalized spacial score (nSPS) is 19.9. The lowest BCUT2D eigenvalue weighted by Crippen LogP contribution is -2.39. The quantitative estimate of drug-likeness (QED) is 0.511. The Morgan fingerprint density at radius 2 is 1.57 bits per heavy atom. The van der Waals surface area contributed by atoms with Crippen LogP contribution in [0.25, 0.3) is 0 Å². The van der Waals surface area contributed by atoms with Gasteiger partial charge in [0.15, 0.2) is 22.5 Å². The van der Waals surface area contributed by atoms with E-state index in [-0.39, 0.29) is 19.3 Å². The first-order valence-electron chi connectivity index (χ1n) is 4.06. The molecule has 0 aliphatic heterocycles. The number of hydrogen-bond acceptors (Lipinski definition) is 4. The van der Waals surface area contributed by atoms with Gasteiger partial charge < -0.3 is 0 Å². The highest BCUT2D eigenvalue weighted by molar-refractivity contribution is 7.41. The van der Waals surface area contributed by atoms with Gasteiger partial charge in [-0.3, -0.25) is 19.2 Å². The molecule has 6 heteroatoms. The summed E-state index contributed by atoms with van der Waals surface area (Å²) in [7, 11) is 3.71. The van der Waals surface area contributed by atoms with E-state index < -0.39 is 28.0 Å². The van der Waals surface area contributed by atoms with Gasteiger partial charge in [-0.05, 0) is 0 Å². The van der Waals surface area contributed by atoms with Crippen molar-refractivity contribution in [2.45, 2.75) is 19.3 Å². The largest absolute Gasteiger partial charge is 0.298 e. The summed E-state index contributed by atoms with van der Waals surface area (Å²) >= 11 is 0. The van der Waals surface area contributed by atoms with Crippen molar-refractivity contribution < 1.29 is 19.2 Å². The van der Waals surface area contributed by atoms with Crippen molar-refractivity contribution in [3.05, 3.63) is 0 Å². The van der Waals surface area contributed by atoms with Gasteiger partial charge in [-0.2, -0.15) is 0 Å². The maximum atomic E-state index is 11.5. The SMILES string of the molecule is O=C(P)CC1(C(=O)P)C(=O)CCC1=O. The van der Waals surface area contributed by atoms with Crippen molar-refractivity contribution in [2.24, 2.45) is 5.41 Å². The number of carbonyl (C=O) groups is 4. The molecule has 0 N–H and O–H groups in total. The first-order valence-corrected chi connectivity index (χ1v) is 5.21. The average Bonchev–Trinajstić information content (AvgIpc) is 2.32. The average molecular weight is 232 g/mol. The molecular weight excluding hydrogens is 222 g/mol. The second kappa shape index (κ2) is 3.96. The standard InChI is InChI=1S/C8H10O4P2/c9-4-1-2-5(10)8(4,7(12)14)3-6(11)13/h1-3,13-14H2. The van der Waals surface area contributed by atoms with E-state index in [2.05, 4.69) is 0 Å². The highest BCUT2D eigenvalue weighted by atomic mass is 31.0. The van der Waals surface area contributed by atoms with Crippen molar-refractivity contribution >= 4 is 41.1 Å². The predicted octanol–water partition coefficient (Wildman–Crippen LogP) is 0.0983. The van der Waals surface area contributed by atoms with Gasteiger partial charge >= 0.3 is 0 Å². The Labute approximate surface area is 85.6 Å². The molecule has 1 saturated carbocycles. The van der Waals surface area contributed by atoms with Crippen molar-refractivity contribution in [1.82, 2.24) is 0 Å². The summed E-state index contributed by atoms with van der Waals surface area (Å²) in [6.07, 6.45) is -0.189. The van der Waals surface area contributed by atoms with Crippen LogP contribution in [0.4, 0.5) is 0 Å². The minimum atomic E-state index is -1.69. The van der Waals surface area contributed by atoms with Crippen LogP contribution in [0.3, 0.4) is 0 Å². The molecule has 0 bridgehead atoms. The van der Waals surface area contributed by atoms with E-state index in [0.29, 0.717) is 0 Å². The van der Waals surface area contributed by atoms with E-state index in [4.69, 9.17) is 0 Å². The summed E-state index contributed by atoms with van der Waals surface area (Å²) in [5, 5.41) is 0. The third-order valence-corrected chi connectivity index (χ3v) is 3.09. The zero-order chi connectivity index (χ0) is 10.9. The molecule has 1 aliphatic rings. The Morgan fingerprint density at radius 1 is 1.14 bits per heavy atom. The summed E-state index contributed by atoms with van der Waals surface area (Å²) in [5.74, 6) is -0.864. The summed E-state index contributed by atoms with van der Waals surface area (Å²) < 4.78 is 0. The first-order chi connectivity index (χ1) is 6.41. The van der Waals surface area contributed by atoms with E-state index in [1.54, 1.807) is 0 Å². The Balaban J connectivity index is 3.14. The van der Waals surface area contributed by atoms with E-state index in [1.807, 2.05) is 18.5 Å². The lowest BCUT2D eigenvalue weighted by Gasteiger charge is -2.20. The molecule has 1 fully saturated rings. The maximum Gasteiger partial charge on any atom is 0.169 e. The predicted molar refractivity (Wildman–Crippen MR) is 55.7 cm³/mol. The molecule has 0 aromatic heterocycles. The van der Waals surface area contributed by atoms with Crippen molar-refractivity contribution in [3.63, 3.8) is 0 Å². The molecule has 0 heterocycles. The molecule has 14 heavy (non-hydrogen) atoms. The zero-order valence-electron chi connectivity index (χ0n) is 7.41. The number of ketones is 2. The summed E-state index contributed by atoms with van der Waals surface area (Å²) in [6, 6.07) is 0. The molecule has 2 unspecified atom stereocenters. The van der Waals surface area contributed by atoms with Gasteiger partial charge in [0.05, 0.1) is 0 Å². The lowest BCUT2D eigenvalue weighted by molar-refractivity contribution is -0.143.